The minimum atomic E-state index is -0.549. The number of thioether (sulfide) groups is 1. The summed E-state index contributed by atoms with van der Waals surface area (Å²) < 4.78 is 5.32. The van der Waals surface area contributed by atoms with Gasteiger partial charge in [0.15, 0.2) is 0 Å². The molecule has 1 atom stereocenters. The molecule has 0 bridgehead atoms. The SMILES string of the molecule is CC(C)(C)OC(=O)NC1CCc2cc(Cl)c(C(=O)Nc3ccncc3)cc2S1. The largest absolute Gasteiger partial charge is 0.444 e. The molecule has 1 aromatic heterocycles. The highest BCUT2D eigenvalue weighted by molar-refractivity contribution is 8.00. The Labute approximate surface area is 173 Å². The van der Waals surface area contributed by atoms with Gasteiger partial charge in [-0.1, -0.05) is 11.6 Å². The average Bonchev–Trinajstić information content (AvgIpc) is 2.60. The highest BCUT2D eigenvalue weighted by atomic mass is 35.5. The molecule has 2 heterocycles. The van der Waals surface area contributed by atoms with E-state index in [0.717, 1.165) is 23.3 Å². The third-order valence-corrected chi connectivity index (χ3v) is 5.54. The summed E-state index contributed by atoms with van der Waals surface area (Å²) in [6.45, 7) is 5.47. The molecule has 2 aromatic rings. The Morgan fingerprint density at radius 1 is 1.25 bits per heavy atom. The highest BCUT2D eigenvalue weighted by Gasteiger charge is 2.25. The Bertz CT molecular complexity index is 884. The highest BCUT2D eigenvalue weighted by Crippen LogP contribution is 2.37. The molecule has 0 spiro atoms. The Balaban J connectivity index is 1.72. The fourth-order valence-electron chi connectivity index (χ4n) is 2.75. The van der Waals surface area contributed by atoms with Crippen LogP contribution in [0.15, 0.2) is 41.6 Å². The van der Waals surface area contributed by atoms with Gasteiger partial charge in [-0.2, -0.15) is 0 Å². The van der Waals surface area contributed by atoms with Gasteiger partial charge >= 0.3 is 6.09 Å². The first-order valence-electron chi connectivity index (χ1n) is 8.91. The van der Waals surface area contributed by atoms with Crippen molar-refractivity contribution in [2.75, 3.05) is 5.32 Å². The van der Waals surface area contributed by atoms with Crippen LogP contribution in [0.25, 0.3) is 0 Å². The molecular weight excluding hydrogens is 398 g/mol. The van der Waals surface area contributed by atoms with Crippen molar-refractivity contribution in [3.8, 4) is 0 Å². The molecular formula is C20H22ClN3O3S. The van der Waals surface area contributed by atoms with Crippen LogP contribution >= 0.6 is 23.4 Å². The molecule has 0 aliphatic carbocycles. The third-order valence-electron chi connectivity index (χ3n) is 3.96. The van der Waals surface area contributed by atoms with Crippen LogP contribution in [0.4, 0.5) is 10.5 Å². The number of hydrogen-bond donors (Lipinski definition) is 2. The van der Waals surface area contributed by atoms with Crippen LogP contribution in [0.3, 0.4) is 0 Å². The van der Waals surface area contributed by atoms with E-state index in [1.165, 1.54) is 11.8 Å². The number of halogens is 1. The Morgan fingerprint density at radius 3 is 2.64 bits per heavy atom. The lowest BCUT2D eigenvalue weighted by Crippen LogP contribution is -2.38. The van der Waals surface area contributed by atoms with E-state index in [9.17, 15) is 9.59 Å². The molecule has 3 rings (SSSR count). The molecule has 6 nitrogen and oxygen atoms in total. The van der Waals surface area contributed by atoms with Crippen LogP contribution in [0.1, 0.15) is 43.1 Å². The molecule has 0 saturated heterocycles. The second-order valence-electron chi connectivity index (χ2n) is 7.42. The van der Waals surface area contributed by atoms with Crippen LogP contribution in [-0.4, -0.2) is 28.0 Å². The number of ether oxygens (including phenoxy) is 1. The first kappa shape index (κ1) is 20.5. The number of amides is 2. The summed E-state index contributed by atoms with van der Waals surface area (Å²) in [5.74, 6) is -0.290. The van der Waals surface area contributed by atoms with Gasteiger partial charge < -0.3 is 15.4 Å². The van der Waals surface area contributed by atoms with Crippen molar-refractivity contribution in [1.29, 1.82) is 0 Å². The fourth-order valence-corrected chi connectivity index (χ4v) is 4.21. The number of benzene rings is 1. The molecule has 0 radical (unpaired) electrons. The van der Waals surface area contributed by atoms with E-state index >= 15 is 0 Å². The Kier molecular flexibility index (Phi) is 6.15. The second kappa shape index (κ2) is 8.41. The summed E-state index contributed by atoms with van der Waals surface area (Å²) >= 11 is 7.84. The van der Waals surface area contributed by atoms with Gasteiger partial charge in [0.05, 0.1) is 16.0 Å². The van der Waals surface area contributed by atoms with Crippen LogP contribution < -0.4 is 10.6 Å². The maximum Gasteiger partial charge on any atom is 0.408 e. The minimum absolute atomic E-state index is 0.125. The number of fused-ring (bicyclic) bond motifs is 1. The zero-order valence-electron chi connectivity index (χ0n) is 15.9. The number of rotatable bonds is 3. The lowest BCUT2D eigenvalue weighted by Gasteiger charge is -2.27. The monoisotopic (exact) mass is 419 g/mol. The lowest BCUT2D eigenvalue weighted by molar-refractivity contribution is 0.0520. The van der Waals surface area contributed by atoms with Crippen LogP contribution in [0.5, 0.6) is 0 Å². The van der Waals surface area contributed by atoms with Crippen molar-refractivity contribution in [2.45, 2.75) is 49.5 Å². The number of alkyl carbamates (subject to hydrolysis) is 1. The van der Waals surface area contributed by atoms with Crippen molar-refractivity contribution < 1.29 is 14.3 Å². The number of anilines is 1. The topological polar surface area (TPSA) is 80.3 Å². The summed E-state index contributed by atoms with van der Waals surface area (Å²) in [6, 6.07) is 7.02. The summed E-state index contributed by atoms with van der Waals surface area (Å²) in [7, 11) is 0. The predicted molar refractivity (Wildman–Crippen MR) is 111 cm³/mol. The van der Waals surface area contributed by atoms with Crippen molar-refractivity contribution in [3.05, 3.63) is 52.8 Å². The first-order valence-corrected chi connectivity index (χ1v) is 10.2. The summed E-state index contributed by atoms with van der Waals surface area (Å²) in [6.07, 6.45) is 4.28. The van der Waals surface area contributed by atoms with Crippen molar-refractivity contribution in [2.24, 2.45) is 0 Å². The molecule has 148 valence electrons. The third kappa shape index (κ3) is 5.39. The molecule has 1 aliphatic heterocycles. The zero-order chi connectivity index (χ0) is 20.3. The van der Waals surface area contributed by atoms with E-state index in [4.69, 9.17) is 16.3 Å². The minimum Gasteiger partial charge on any atom is -0.444 e. The van der Waals surface area contributed by atoms with E-state index in [1.54, 1.807) is 30.6 Å². The fraction of sp³-hybridized carbons (Fsp3) is 0.350. The van der Waals surface area contributed by atoms with E-state index in [-0.39, 0.29) is 11.3 Å². The lowest BCUT2D eigenvalue weighted by atomic mass is 10.1. The number of nitrogens with one attached hydrogen (secondary N) is 2. The van der Waals surface area contributed by atoms with Gasteiger partial charge in [-0.15, -0.1) is 11.8 Å². The molecule has 2 N–H and O–H groups in total. The van der Waals surface area contributed by atoms with Crippen LogP contribution in [0.2, 0.25) is 5.02 Å². The number of aromatic nitrogens is 1. The quantitative estimate of drug-likeness (QED) is 0.741. The van der Waals surface area contributed by atoms with Crippen molar-refractivity contribution in [3.63, 3.8) is 0 Å². The maximum atomic E-state index is 12.6. The van der Waals surface area contributed by atoms with E-state index in [1.807, 2.05) is 26.8 Å². The summed E-state index contributed by atoms with van der Waals surface area (Å²) in [5, 5.41) is 5.97. The number of carbonyl (C=O) groups excluding carboxylic acids is 2. The van der Waals surface area contributed by atoms with E-state index in [2.05, 4.69) is 15.6 Å². The Morgan fingerprint density at radius 2 is 1.96 bits per heavy atom. The molecule has 0 saturated carbocycles. The smallest absolute Gasteiger partial charge is 0.408 e. The summed E-state index contributed by atoms with van der Waals surface area (Å²) in [4.78, 5) is 29.5. The predicted octanol–water partition coefficient (Wildman–Crippen LogP) is 4.88. The number of nitrogens with zero attached hydrogens (tertiary/aromatic N) is 1. The number of aryl methyl sites for hydroxylation is 1. The zero-order valence-corrected chi connectivity index (χ0v) is 17.5. The number of pyridine rings is 1. The van der Waals surface area contributed by atoms with Gasteiger partial charge in [0.25, 0.3) is 5.91 Å². The van der Waals surface area contributed by atoms with Gasteiger partial charge in [-0.25, -0.2) is 4.79 Å². The van der Waals surface area contributed by atoms with E-state index in [0.29, 0.717) is 16.3 Å². The molecule has 1 unspecified atom stereocenters. The summed E-state index contributed by atoms with van der Waals surface area (Å²) in [5.41, 5.74) is 1.55. The van der Waals surface area contributed by atoms with Crippen LogP contribution in [0, 0.1) is 0 Å². The van der Waals surface area contributed by atoms with Gasteiger partial charge in [0.1, 0.15) is 5.60 Å². The average molecular weight is 420 g/mol. The van der Waals surface area contributed by atoms with Gasteiger partial charge in [-0.05, 0) is 63.4 Å². The van der Waals surface area contributed by atoms with Crippen molar-refractivity contribution >= 4 is 41.1 Å². The molecule has 8 heteroatoms. The standard InChI is InChI=1S/C20H22ClN3O3S/c1-20(2,3)27-19(26)24-17-5-4-12-10-15(21)14(11-16(12)28-17)18(25)23-13-6-8-22-9-7-13/h6-11,17H,4-5H2,1-3H3,(H,24,26)(H,22,23,25). The molecule has 1 aliphatic rings. The van der Waals surface area contributed by atoms with Crippen LogP contribution in [-0.2, 0) is 11.2 Å². The van der Waals surface area contributed by atoms with Gasteiger partial charge in [-0.3, -0.25) is 9.78 Å². The van der Waals surface area contributed by atoms with Gasteiger partial charge in [0.2, 0.25) is 0 Å². The molecule has 1 aromatic carbocycles. The van der Waals surface area contributed by atoms with Gasteiger partial charge in [0, 0.05) is 23.0 Å². The normalized spacial score (nSPS) is 16.1. The Hall–Kier alpha value is -2.25. The maximum absolute atomic E-state index is 12.6. The van der Waals surface area contributed by atoms with E-state index < -0.39 is 11.7 Å². The molecule has 2 amide bonds. The molecule has 28 heavy (non-hydrogen) atoms. The molecule has 0 fully saturated rings. The first-order chi connectivity index (χ1) is 13.2. The number of hydrogen-bond acceptors (Lipinski definition) is 5. The number of carbonyl (C=O) groups is 2. The second-order valence-corrected chi connectivity index (χ2v) is 9.07. The van der Waals surface area contributed by atoms with Crippen molar-refractivity contribution in [1.82, 2.24) is 10.3 Å².